The minimum Gasteiger partial charge on any atom is -0.478 e. The van der Waals surface area contributed by atoms with Crippen LogP contribution in [0.25, 0.3) is 0 Å². The van der Waals surface area contributed by atoms with E-state index in [1.54, 1.807) is 0 Å². The van der Waals surface area contributed by atoms with Gasteiger partial charge in [0.2, 0.25) is 0 Å². The number of unbranched alkanes of at least 4 members (excludes halogenated alkanes) is 3. The molecule has 0 radical (unpaired) electrons. The van der Waals surface area contributed by atoms with Crippen molar-refractivity contribution in [3.8, 4) is 0 Å². The number of halogens is 2. The highest BCUT2D eigenvalue weighted by molar-refractivity contribution is 5.86. The second kappa shape index (κ2) is 6.57. The lowest BCUT2D eigenvalue weighted by molar-refractivity contribution is -0.133. The number of hydrogen-bond donors (Lipinski definition) is 1. The summed E-state index contributed by atoms with van der Waals surface area (Å²) in [5.74, 6) is -1.50. The largest absolute Gasteiger partial charge is 0.478 e. The van der Waals surface area contributed by atoms with Gasteiger partial charge in [0.05, 0.1) is 0 Å². The summed E-state index contributed by atoms with van der Waals surface area (Å²) in [4.78, 5) is 10.3. The number of carboxylic acids is 1. The van der Waals surface area contributed by atoms with E-state index in [0.29, 0.717) is 6.42 Å². The smallest absolute Gasteiger partial charge is 0.337 e. The van der Waals surface area contributed by atoms with Crippen LogP contribution in [0.2, 0.25) is 0 Å². The summed E-state index contributed by atoms with van der Waals surface area (Å²) in [5.41, 5.74) is -0.740. The predicted octanol–water partition coefficient (Wildman–Crippen LogP) is 3.19. The monoisotopic (exact) mass is 192 g/mol. The van der Waals surface area contributed by atoms with Gasteiger partial charge >= 0.3 is 5.97 Å². The summed E-state index contributed by atoms with van der Waals surface area (Å²) >= 11 is 0. The van der Waals surface area contributed by atoms with E-state index in [0.717, 1.165) is 19.3 Å². The number of carbonyl (C=O) groups is 1. The summed E-state index contributed by atoms with van der Waals surface area (Å²) < 4.78 is 23.9. The van der Waals surface area contributed by atoms with E-state index < -0.39 is 17.6 Å². The highest BCUT2D eigenvalue weighted by Crippen LogP contribution is 2.16. The third kappa shape index (κ3) is 5.33. The molecule has 0 aliphatic heterocycles. The van der Waals surface area contributed by atoms with Crippen LogP contribution in [0.3, 0.4) is 0 Å². The van der Waals surface area contributed by atoms with Crippen LogP contribution in [0, 0.1) is 0 Å². The average molecular weight is 192 g/mol. The molecule has 2 nitrogen and oxygen atoms in total. The zero-order valence-corrected chi connectivity index (χ0v) is 7.65. The van der Waals surface area contributed by atoms with Crippen molar-refractivity contribution >= 4 is 5.97 Å². The predicted molar refractivity (Wildman–Crippen MR) is 45.6 cm³/mol. The summed E-state index contributed by atoms with van der Waals surface area (Å²) in [6, 6.07) is 0. The Labute approximate surface area is 76.3 Å². The third-order valence-electron chi connectivity index (χ3n) is 1.77. The van der Waals surface area contributed by atoms with Crippen LogP contribution in [0.4, 0.5) is 8.78 Å². The number of hydrogen-bond acceptors (Lipinski definition) is 1. The normalized spacial score (nSPS) is 9.77. The molecule has 0 rings (SSSR count). The van der Waals surface area contributed by atoms with Crippen molar-refractivity contribution in [3.63, 3.8) is 0 Å². The summed E-state index contributed by atoms with van der Waals surface area (Å²) in [6.45, 7) is 2.00. The molecule has 0 amide bonds. The molecule has 76 valence electrons. The first-order chi connectivity index (χ1) is 6.09. The van der Waals surface area contributed by atoms with Gasteiger partial charge in [0.15, 0.2) is 0 Å². The van der Waals surface area contributed by atoms with Gasteiger partial charge in [0.25, 0.3) is 6.08 Å². The van der Waals surface area contributed by atoms with Crippen molar-refractivity contribution in [1.29, 1.82) is 0 Å². The molecule has 0 fully saturated rings. The van der Waals surface area contributed by atoms with Crippen LogP contribution in [0.5, 0.6) is 0 Å². The van der Waals surface area contributed by atoms with Gasteiger partial charge in [-0.05, 0) is 12.8 Å². The molecule has 0 aliphatic rings. The van der Waals surface area contributed by atoms with Gasteiger partial charge in [-0.3, -0.25) is 0 Å². The van der Waals surface area contributed by atoms with Crippen molar-refractivity contribution < 1.29 is 18.7 Å². The Bertz CT molecular complexity index is 196. The van der Waals surface area contributed by atoms with E-state index in [9.17, 15) is 13.6 Å². The van der Waals surface area contributed by atoms with E-state index in [1.807, 2.05) is 6.92 Å². The zero-order valence-electron chi connectivity index (χ0n) is 7.65. The molecule has 0 aromatic rings. The second-order valence-corrected chi connectivity index (χ2v) is 2.85. The van der Waals surface area contributed by atoms with E-state index >= 15 is 0 Å². The topological polar surface area (TPSA) is 37.3 Å². The van der Waals surface area contributed by atoms with Crippen LogP contribution >= 0.6 is 0 Å². The van der Waals surface area contributed by atoms with Crippen molar-refractivity contribution in [1.82, 2.24) is 0 Å². The minimum atomic E-state index is -2.07. The number of aliphatic carboxylic acids is 1. The van der Waals surface area contributed by atoms with Gasteiger partial charge in [-0.2, -0.15) is 8.78 Å². The van der Waals surface area contributed by atoms with Crippen molar-refractivity contribution in [2.45, 2.75) is 39.0 Å². The first-order valence-corrected chi connectivity index (χ1v) is 4.37. The van der Waals surface area contributed by atoms with Crippen LogP contribution < -0.4 is 0 Å². The van der Waals surface area contributed by atoms with Gasteiger partial charge in [-0.15, -0.1) is 0 Å². The van der Waals surface area contributed by atoms with Gasteiger partial charge in [0.1, 0.15) is 5.57 Å². The summed E-state index contributed by atoms with van der Waals surface area (Å²) in [7, 11) is 0. The molecule has 0 heterocycles. The Morgan fingerprint density at radius 3 is 2.23 bits per heavy atom. The van der Waals surface area contributed by atoms with Crippen LogP contribution in [-0.2, 0) is 4.79 Å². The lowest BCUT2D eigenvalue weighted by atomic mass is 10.1. The molecule has 0 unspecified atom stereocenters. The molecule has 0 aromatic carbocycles. The first-order valence-electron chi connectivity index (χ1n) is 4.37. The molecule has 0 bridgehead atoms. The first kappa shape index (κ1) is 12.1. The highest BCUT2D eigenvalue weighted by Gasteiger charge is 2.13. The molecule has 0 spiro atoms. The quantitative estimate of drug-likeness (QED) is 0.518. The lowest BCUT2D eigenvalue weighted by Crippen LogP contribution is -2.01. The Balaban J connectivity index is 3.87. The van der Waals surface area contributed by atoms with Gasteiger partial charge in [0, 0.05) is 0 Å². The maximum atomic E-state index is 12.0. The molecule has 0 aromatic heterocycles. The molecular weight excluding hydrogens is 178 g/mol. The van der Waals surface area contributed by atoms with Gasteiger partial charge in [-0.1, -0.05) is 26.2 Å². The maximum absolute atomic E-state index is 12.0. The SMILES string of the molecule is CCCCCCC(C(=O)O)=C(F)F. The average Bonchev–Trinajstić information content (AvgIpc) is 2.02. The third-order valence-corrected chi connectivity index (χ3v) is 1.77. The Morgan fingerprint density at radius 2 is 1.85 bits per heavy atom. The fraction of sp³-hybridized carbons (Fsp3) is 0.667. The maximum Gasteiger partial charge on any atom is 0.337 e. The minimum absolute atomic E-state index is 0.0301. The van der Waals surface area contributed by atoms with Crippen molar-refractivity contribution in [2.75, 3.05) is 0 Å². The van der Waals surface area contributed by atoms with E-state index in [1.165, 1.54) is 0 Å². The number of carboxylic acid groups (broad SMARTS) is 1. The summed E-state index contributed by atoms with van der Waals surface area (Å²) in [5, 5.41) is 8.36. The zero-order chi connectivity index (χ0) is 10.3. The number of rotatable bonds is 6. The fourth-order valence-electron chi connectivity index (χ4n) is 1.01. The van der Waals surface area contributed by atoms with Crippen molar-refractivity contribution in [3.05, 3.63) is 11.7 Å². The standard InChI is InChI=1S/C9H14F2O2/c1-2-3-4-5-6-7(8(10)11)9(12)13/h2-6H2,1H3,(H,12,13). The molecule has 0 aliphatic carbocycles. The summed E-state index contributed by atoms with van der Waals surface area (Å²) in [6.07, 6.45) is 1.19. The Kier molecular flexibility index (Phi) is 6.10. The van der Waals surface area contributed by atoms with Crippen LogP contribution in [0.15, 0.2) is 11.7 Å². The van der Waals surface area contributed by atoms with E-state index in [-0.39, 0.29) is 6.42 Å². The molecule has 0 saturated carbocycles. The second-order valence-electron chi connectivity index (χ2n) is 2.85. The van der Waals surface area contributed by atoms with Crippen LogP contribution in [-0.4, -0.2) is 11.1 Å². The molecule has 1 N–H and O–H groups in total. The van der Waals surface area contributed by atoms with Gasteiger partial charge in [-0.25, -0.2) is 4.79 Å². The van der Waals surface area contributed by atoms with E-state index in [2.05, 4.69) is 0 Å². The lowest BCUT2D eigenvalue weighted by Gasteiger charge is -2.00. The Hall–Kier alpha value is -0.930. The molecule has 0 saturated heterocycles. The molecule has 0 atom stereocenters. The molecule has 4 heteroatoms. The van der Waals surface area contributed by atoms with E-state index in [4.69, 9.17) is 5.11 Å². The van der Waals surface area contributed by atoms with Gasteiger partial charge < -0.3 is 5.11 Å². The molecule has 13 heavy (non-hydrogen) atoms. The molecular formula is C9H14F2O2. The van der Waals surface area contributed by atoms with Crippen molar-refractivity contribution in [2.24, 2.45) is 0 Å². The Morgan fingerprint density at radius 1 is 1.23 bits per heavy atom. The highest BCUT2D eigenvalue weighted by atomic mass is 19.3. The fourth-order valence-corrected chi connectivity index (χ4v) is 1.01. The van der Waals surface area contributed by atoms with Crippen LogP contribution in [0.1, 0.15) is 39.0 Å².